The molecule has 0 saturated heterocycles. The van der Waals surface area contributed by atoms with Gasteiger partial charge in [-0.15, -0.1) is 0 Å². The highest BCUT2D eigenvalue weighted by Gasteiger charge is 2.31. The first-order chi connectivity index (χ1) is 8.99. The number of carboxylic acids is 1. The molecule has 3 atom stereocenters. The van der Waals surface area contributed by atoms with Crippen LogP contribution in [0.4, 0.5) is 0 Å². The van der Waals surface area contributed by atoms with Crippen molar-refractivity contribution in [3.63, 3.8) is 0 Å². The molecule has 8 heteroatoms. The predicted molar refractivity (Wildman–Crippen MR) is 64.2 cm³/mol. The van der Waals surface area contributed by atoms with Gasteiger partial charge in [0.15, 0.2) is 6.04 Å². The third kappa shape index (κ3) is 2.91. The van der Waals surface area contributed by atoms with Gasteiger partial charge < -0.3 is 20.5 Å². The van der Waals surface area contributed by atoms with Gasteiger partial charge in [0.05, 0.1) is 29.9 Å². The molecule has 0 bridgehead atoms. The van der Waals surface area contributed by atoms with Crippen molar-refractivity contribution in [1.82, 2.24) is 20.6 Å². The first kappa shape index (κ1) is 13.5. The Hall–Kier alpha value is -1.93. The predicted octanol–water partition coefficient (Wildman–Crippen LogP) is -1.63. The zero-order valence-electron chi connectivity index (χ0n) is 10.4. The van der Waals surface area contributed by atoms with Crippen molar-refractivity contribution in [3.8, 4) is 0 Å². The second kappa shape index (κ2) is 5.37. The number of H-pyrrole nitrogens is 1. The molecule has 1 aromatic heterocycles. The average Bonchev–Trinajstić information content (AvgIpc) is 2.81. The van der Waals surface area contributed by atoms with Crippen LogP contribution in [0.3, 0.4) is 0 Å². The molecule has 5 N–H and O–H groups in total. The highest BCUT2D eigenvalue weighted by Crippen LogP contribution is 2.12. The lowest BCUT2D eigenvalue weighted by Crippen LogP contribution is -2.55. The Morgan fingerprint density at radius 1 is 1.58 bits per heavy atom. The second-order valence-corrected chi connectivity index (χ2v) is 4.53. The van der Waals surface area contributed by atoms with Gasteiger partial charge in [-0.05, 0) is 6.92 Å². The van der Waals surface area contributed by atoms with E-state index in [1.54, 1.807) is 6.33 Å². The van der Waals surface area contributed by atoms with E-state index in [1.807, 2.05) is 0 Å². The van der Waals surface area contributed by atoms with Crippen molar-refractivity contribution in [3.05, 3.63) is 17.7 Å². The van der Waals surface area contributed by atoms with Gasteiger partial charge in [-0.3, -0.25) is 10.1 Å². The van der Waals surface area contributed by atoms with Crippen LogP contribution in [-0.4, -0.2) is 50.2 Å². The van der Waals surface area contributed by atoms with Gasteiger partial charge in [-0.25, -0.2) is 9.78 Å². The largest absolute Gasteiger partial charge is 0.480 e. The number of imidazole rings is 1. The van der Waals surface area contributed by atoms with E-state index in [-0.39, 0.29) is 0 Å². The molecule has 1 aromatic rings. The number of aliphatic hydroxyl groups is 1. The summed E-state index contributed by atoms with van der Waals surface area (Å²) in [4.78, 5) is 29.9. The number of hydrogen-bond donors (Lipinski definition) is 5. The van der Waals surface area contributed by atoms with Crippen molar-refractivity contribution in [2.75, 3.05) is 0 Å². The fraction of sp³-hybridized carbons (Fsp3) is 0.545. The lowest BCUT2D eigenvalue weighted by atomic mass is 10.0. The summed E-state index contributed by atoms with van der Waals surface area (Å²) in [7, 11) is 0. The topological polar surface area (TPSA) is 127 Å². The van der Waals surface area contributed by atoms with E-state index < -0.39 is 30.1 Å². The van der Waals surface area contributed by atoms with Crippen molar-refractivity contribution in [2.24, 2.45) is 0 Å². The summed E-state index contributed by atoms with van der Waals surface area (Å²) < 4.78 is 0. The van der Waals surface area contributed by atoms with Crippen LogP contribution < -0.4 is 10.6 Å². The van der Waals surface area contributed by atoms with Gasteiger partial charge >= 0.3 is 5.97 Å². The van der Waals surface area contributed by atoms with Crippen LogP contribution in [0.2, 0.25) is 0 Å². The number of amides is 1. The molecule has 8 nitrogen and oxygen atoms in total. The number of aromatic nitrogens is 2. The smallest absolute Gasteiger partial charge is 0.328 e. The number of aliphatic hydroxyl groups excluding tert-OH is 1. The normalized spacial score (nSPS) is 21.3. The fourth-order valence-corrected chi connectivity index (χ4v) is 2.00. The maximum Gasteiger partial charge on any atom is 0.328 e. The quantitative estimate of drug-likeness (QED) is 0.446. The summed E-state index contributed by atoms with van der Waals surface area (Å²) in [6, 6.07) is -1.86. The van der Waals surface area contributed by atoms with E-state index in [0.717, 1.165) is 11.4 Å². The van der Waals surface area contributed by atoms with Gasteiger partial charge in [0.2, 0.25) is 5.91 Å². The molecule has 1 amide bonds. The Kier molecular flexibility index (Phi) is 3.82. The highest BCUT2D eigenvalue weighted by molar-refractivity contribution is 5.87. The number of carbonyl (C=O) groups is 2. The van der Waals surface area contributed by atoms with Gasteiger partial charge in [-0.1, -0.05) is 0 Å². The number of carboxylic acid groups (broad SMARTS) is 1. The van der Waals surface area contributed by atoms with Crippen LogP contribution >= 0.6 is 0 Å². The number of aromatic amines is 1. The summed E-state index contributed by atoms with van der Waals surface area (Å²) in [5, 5.41) is 23.5. The second-order valence-electron chi connectivity index (χ2n) is 4.53. The molecule has 0 spiro atoms. The number of rotatable bonds is 4. The molecule has 0 aliphatic carbocycles. The molecule has 0 aromatic carbocycles. The van der Waals surface area contributed by atoms with Crippen LogP contribution in [-0.2, 0) is 22.6 Å². The summed E-state index contributed by atoms with van der Waals surface area (Å²) in [5.74, 6) is -1.72. The molecule has 2 heterocycles. The van der Waals surface area contributed by atoms with Crippen molar-refractivity contribution in [1.29, 1.82) is 0 Å². The fourth-order valence-electron chi connectivity index (χ4n) is 2.00. The van der Waals surface area contributed by atoms with E-state index >= 15 is 0 Å². The minimum absolute atomic E-state index is 0.386. The van der Waals surface area contributed by atoms with Crippen LogP contribution in [0.15, 0.2) is 6.33 Å². The molecule has 0 unspecified atom stereocenters. The lowest BCUT2D eigenvalue weighted by Gasteiger charge is -2.25. The molecule has 0 radical (unpaired) electrons. The summed E-state index contributed by atoms with van der Waals surface area (Å²) in [5.41, 5.74) is 1.72. The zero-order chi connectivity index (χ0) is 14.0. The summed E-state index contributed by atoms with van der Waals surface area (Å²) >= 11 is 0. The van der Waals surface area contributed by atoms with E-state index in [2.05, 4.69) is 20.6 Å². The molecule has 0 fully saturated rings. The van der Waals surface area contributed by atoms with Gasteiger partial charge in [0.25, 0.3) is 0 Å². The molecular weight excluding hydrogens is 252 g/mol. The number of fused-ring (bicyclic) bond motifs is 1. The lowest BCUT2D eigenvalue weighted by molar-refractivity contribution is -0.145. The minimum atomic E-state index is -1.31. The number of carbonyl (C=O) groups excluding carboxylic acids is 1. The van der Waals surface area contributed by atoms with Gasteiger partial charge in [0.1, 0.15) is 0 Å². The Labute approximate surface area is 109 Å². The minimum Gasteiger partial charge on any atom is -0.480 e. The van der Waals surface area contributed by atoms with Crippen molar-refractivity contribution in [2.45, 2.75) is 38.1 Å². The Morgan fingerprint density at radius 3 is 2.95 bits per heavy atom. The Balaban J connectivity index is 2.00. The maximum atomic E-state index is 12.0. The van der Waals surface area contributed by atoms with Crippen molar-refractivity contribution < 1.29 is 19.8 Å². The van der Waals surface area contributed by atoms with E-state index in [9.17, 15) is 14.7 Å². The van der Waals surface area contributed by atoms with E-state index in [4.69, 9.17) is 5.11 Å². The molecular formula is C11H16N4O4. The zero-order valence-corrected chi connectivity index (χ0v) is 10.4. The standard InChI is InChI=1S/C11H16N4O4/c1-5(16)9(11(18)19)15-10(17)7-2-6-8(3-12-7)14-4-13-6/h4-5,7,9,12,16H,2-3H2,1H3,(H,13,14)(H,15,17)(H,18,19)/t5-,7+,9+/m1/s1. The monoisotopic (exact) mass is 268 g/mol. The number of aliphatic carboxylic acids is 1. The summed E-state index contributed by atoms with van der Waals surface area (Å²) in [6.45, 7) is 1.79. The van der Waals surface area contributed by atoms with Crippen LogP contribution in [0, 0.1) is 0 Å². The molecule has 2 rings (SSSR count). The highest BCUT2D eigenvalue weighted by atomic mass is 16.4. The van der Waals surface area contributed by atoms with Gasteiger partial charge in [0, 0.05) is 13.0 Å². The molecule has 1 aliphatic rings. The Morgan fingerprint density at radius 2 is 2.32 bits per heavy atom. The molecule has 1 aliphatic heterocycles. The number of nitrogens with zero attached hydrogens (tertiary/aromatic N) is 1. The first-order valence-electron chi connectivity index (χ1n) is 5.94. The SMILES string of the molecule is C[C@@H](O)[C@H](NC(=O)[C@@H]1Cc2nc[nH]c2CN1)C(=O)O. The third-order valence-corrected chi connectivity index (χ3v) is 3.09. The first-order valence-corrected chi connectivity index (χ1v) is 5.94. The molecule has 0 saturated carbocycles. The third-order valence-electron chi connectivity index (χ3n) is 3.09. The van der Waals surface area contributed by atoms with Gasteiger partial charge in [-0.2, -0.15) is 0 Å². The number of nitrogens with one attached hydrogen (secondary N) is 3. The van der Waals surface area contributed by atoms with Crippen molar-refractivity contribution >= 4 is 11.9 Å². The van der Waals surface area contributed by atoms with Crippen LogP contribution in [0.1, 0.15) is 18.3 Å². The van der Waals surface area contributed by atoms with Crippen LogP contribution in [0.5, 0.6) is 0 Å². The van der Waals surface area contributed by atoms with E-state index in [0.29, 0.717) is 13.0 Å². The average molecular weight is 268 g/mol. The Bertz CT molecular complexity index is 485. The van der Waals surface area contributed by atoms with Crippen LogP contribution in [0.25, 0.3) is 0 Å². The molecule has 19 heavy (non-hydrogen) atoms. The summed E-state index contributed by atoms with van der Waals surface area (Å²) in [6.07, 6.45) is 0.783. The van der Waals surface area contributed by atoms with E-state index in [1.165, 1.54) is 6.92 Å². The number of hydrogen-bond acceptors (Lipinski definition) is 5. The molecule has 104 valence electrons. The maximum absolute atomic E-state index is 12.0.